The Morgan fingerprint density at radius 3 is 2.76 bits per heavy atom. The number of H-pyrrole nitrogens is 1. The van der Waals surface area contributed by atoms with Crippen LogP contribution in [-0.4, -0.2) is 49.6 Å². The summed E-state index contributed by atoms with van der Waals surface area (Å²) in [7, 11) is 3.32. The van der Waals surface area contributed by atoms with Crippen LogP contribution >= 0.6 is 11.3 Å². The highest BCUT2D eigenvalue weighted by atomic mass is 32.1. The summed E-state index contributed by atoms with van der Waals surface area (Å²) in [5, 5.41) is 6.43. The zero-order valence-corrected chi connectivity index (χ0v) is 20.3. The lowest BCUT2D eigenvalue weighted by atomic mass is 9.91. The van der Waals surface area contributed by atoms with Crippen molar-refractivity contribution >= 4 is 28.1 Å². The van der Waals surface area contributed by atoms with E-state index in [1.54, 1.807) is 25.6 Å². The SMILES string of the molecule is COc1cc2c(cc1OC)C(c1cccs1)N(CC(=O)NCCc1c[nH]c3ccccc13)CC2. The second-order valence-corrected chi connectivity index (χ2v) is 9.48. The molecule has 1 unspecified atom stereocenters. The highest BCUT2D eigenvalue weighted by molar-refractivity contribution is 7.10. The van der Waals surface area contributed by atoms with E-state index >= 15 is 0 Å². The molecule has 1 aliphatic rings. The van der Waals surface area contributed by atoms with Crippen LogP contribution in [0.25, 0.3) is 10.9 Å². The Hall–Kier alpha value is -3.29. The van der Waals surface area contributed by atoms with Crippen molar-refractivity contribution in [2.45, 2.75) is 18.9 Å². The Labute approximate surface area is 203 Å². The molecule has 1 atom stereocenters. The quantitative estimate of drug-likeness (QED) is 0.392. The smallest absolute Gasteiger partial charge is 0.234 e. The molecule has 3 heterocycles. The molecule has 1 amide bonds. The number of fused-ring (bicyclic) bond motifs is 2. The highest BCUT2D eigenvalue weighted by Gasteiger charge is 2.32. The monoisotopic (exact) mass is 475 g/mol. The third-order valence-corrected chi connectivity index (χ3v) is 7.45. The molecule has 4 aromatic rings. The lowest BCUT2D eigenvalue weighted by Crippen LogP contribution is -2.43. The first-order chi connectivity index (χ1) is 16.7. The Bertz CT molecular complexity index is 1280. The Kier molecular flexibility index (Phi) is 6.56. The number of hydrogen-bond donors (Lipinski definition) is 2. The maximum absolute atomic E-state index is 13.0. The van der Waals surface area contributed by atoms with Gasteiger partial charge in [0.2, 0.25) is 5.91 Å². The summed E-state index contributed by atoms with van der Waals surface area (Å²) >= 11 is 1.72. The Balaban J connectivity index is 1.30. The summed E-state index contributed by atoms with van der Waals surface area (Å²) in [5.74, 6) is 1.51. The van der Waals surface area contributed by atoms with Crippen LogP contribution in [-0.2, 0) is 17.6 Å². The lowest BCUT2D eigenvalue weighted by Gasteiger charge is -2.37. The Morgan fingerprint density at radius 2 is 1.97 bits per heavy atom. The second-order valence-electron chi connectivity index (χ2n) is 8.50. The molecule has 7 heteroatoms. The average Bonchev–Trinajstić information content (AvgIpc) is 3.53. The van der Waals surface area contributed by atoms with E-state index in [-0.39, 0.29) is 11.9 Å². The minimum absolute atomic E-state index is 0.0166. The number of methoxy groups -OCH3 is 2. The number of para-hydroxylation sites is 1. The largest absolute Gasteiger partial charge is 0.493 e. The van der Waals surface area contributed by atoms with E-state index in [9.17, 15) is 4.79 Å². The van der Waals surface area contributed by atoms with Gasteiger partial charge < -0.3 is 19.8 Å². The van der Waals surface area contributed by atoms with Crippen molar-refractivity contribution in [2.75, 3.05) is 33.9 Å². The van der Waals surface area contributed by atoms with Gasteiger partial charge in [0, 0.05) is 35.1 Å². The van der Waals surface area contributed by atoms with E-state index in [0.717, 1.165) is 30.7 Å². The molecule has 6 nitrogen and oxygen atoms in total. The number of rotatable bonds is 8. The number of thiophene rings is 1. The molecular formula is C27H29N3O3S. The van der Waals surface area contributed by atoms with Crippen molar-refractivity contribution in [3.63, 3.8) is 0 Å². The van der Waals surface area contributed by atoms with E-state index in [1.165, 1.54) is 27.0 Å². The number of aromatic amines is 1. The van der Waals surface area contributed by atoms with E-state index < -0.39 is 0 Å². The van der Waals surface area contributed by atoms with Crippen molar-refractivity contribution < 1.29 is 14.3 Å². The molecule has 0 saturated heterocycles. The summed E-state index contributed by atoms with van der Waals surface area (Å²) in [6.07, 6.45) is 3.69. The maximum atomic E-state index is 13.0. The fourth-order valence-electron chi connectivity index (χ4n) is 4.86. The summed E-state index contributed by atoms with van der Waals surface area (Å²) in [4.78, 5) is 19.7. The fourth-order valence-corrected chi connectivity index (χ4v) is 5.74. The van der Waals surface area contributed by atoms with Gasteiger partial charge in [-0.3, -0.25) is 9.69 Å². The first-order valence-corrected chi connectivity index (χ1v) is 12.4. The Morgan fingerprint density at radius 1 is 1.15 bits per heavy atom. The topological polar surface area (TPSA) is 66.6 Å². The van der Waals surface area contributed by atoms with Crippen LogP contribution in [0.5, 0.6) is 11.5 Å². The molecule has 0 spiro atoms. The molecule has 2 aromatic carbocycles. The second kappa shape index (κ2) is 9.91. The minimum atomic E-state index is 0.0166. The van der Waals surface area contributed by atoms with Gasteiger partial charge in [0.15, 0.2) is 11.5 Å². The van der Waals surface area contributed by atoms with Gasteiger partial charge in [0.1, 0.15) is 0 Å². The van der Waals surface area contributed by atoms with E-state index in [0.29, 0.717) is 18.8 Å². The van der Waals surface area contributed by atoms with Crippen LogP contribution in [0.3, 0.4) is 0 Å². The molecule has 34 heavy (non-hydrogen) atoms. The van der Waals surface area contributed by atoms with Gasteiger partial charge in [0.25, 0.3) is 0 Å². The zero-order valence-electron chi connectivity index (χ0n) is 19.5. The van der Waals surface area contributed by atoms with Gasteiger partial charge in [-0.2, -0.15) is 0 Å². The standard InChI is InChI=1S/C27H29N3O3S/c1-32-23-14-18-10-12-30(27(25-8-5-13-34-25)21(18)15-24(23)33-2)17-26(31)28-11-9-19-16-29-22-7-4-3-6-20(19)22/h3-8,13-16,27,29H,9-12,17H2,1-2H3,(H,28,31). The number of amides is 1. The summed E-state index contributed by atoms with van der Waals surface area (Å²) in [6, 6.07) is 16.6. The lowest BCUT2D eigenvalue weighted by molar-refractivity contribution is -0.122. The number of carbonyl (C=O) groups is 1. The van der Waals surface area contributed by atoms with Crippen molar-refractivity contribution in [3.05, 3.63) is 81.7 Å². The molecule has 2 N–H and O–H groups in total. The van der Waals surface area contributed by atoms with Gasteiger partial charge in [-0.15, -0.1) is 11.3 Å². The molecule has 5 rings (SSSR count). The number of ether oxygens (including phenoxy) is 2. The maximum Gasteiger partial charge on any atom is 0.234 e. The zero-order chi connectivity index (χ0) is 23.5. The third kappa shape index (κ3) is 4.41. The van der Waals surface area contributed by atoms with E-state index in [4.69, 9.17) is 9.47 Å². The first-order valence-electron chi connectivity index (χ1n) is 11.5. The first kappa shape index (κ1) is 22.5. The molecule has 0 bridgehead atoms. The van der Waals surface area contributed by atoms with Gasteiger partial charge >= 0.3 is 0 Å². The normalized spacial score (nSPS) is 15.8. The van der Waals surface area contributed by atoms with Crippen LogP contribution in [0.1, 0.15) is 27.6 Å². The van der Waals surface area contributed by atoms with Crippen molar-refractivity contribution in [3.8, 4) is 11.5 Å². The highest BCUT2D eigenvalue weighted by Crippen LogP contribution is 2.42. The van der Waals surface area contributed by atoms with E-state index in [2.05, 4.69) is 57.0 Å². The number of nitrogens with one attached hydrogen (secondary N) is 2. The molecular weight excluding hydrogens is 446 g/mol. The number of aromatic nitrogens is 1. The van der Waals surface area contributed by atoms with Gasteiger partial charge in [0.05, 0.1) is 26.8 Å². The van der Waals surface area contributed by atoms with Gasteiger partial charge in [-0.05, 0) is 59.2 Å². The molecule has 0 saturated carbocycles. The molecule has 0 fully saturated rings. The van der Waals surface area contributed by atoms with Crippen LogP contribution in [0.2, 0.25) is 0 Å². The number of carbonyl (C=O) groups excluding carboxylic acids is 1. The summed E-state index contributed by atoms with van der Waals surface area (Å²) in [5.41, 5.74) is 4.77. The van der Waals surface area contributed by atoms with Crippen LogP contribution in [0.4, 0.5) is 0 Å². The van der Waals surface area contributed by atoms with Crippen molar-refractivity contribution in [2.24, 2.45) is 0 Å². The minimum Gasteiger partial charge on any atom is -0.493 e. The van der Waals surface area contributed by atoms with Crippen LogP contribution < -0.4 is 14.8 Å². The fraction of sp³-hybridized carbons (Fsp3) is 0.296. The predicted octanol–water partition coefficient (Wildman–Crippen LogP) is 4.55. The molecule has 2 aromatic heterocycles. The number of nitrogens with zero attached hydrogens (tertiary/aromatic N) is 1. The van der Waals surface area contributed by atoms with E-state index in [1.807, 2.05) is 18.3 Å². The number of benzene rings is 2. The number of hydrogen-bond acceptors (Lipinski definition) is 5. The molecule has 0 aliphatic carbocycles. The third-order valence-electron chi connectivity index (χ3n) is 6.52. The molecule has 0 radical (unpaired) electrons. The van der Waals surface area contributed by atoms with Gasteiger partial charge in [-0.25, -0.2) is 0 Å². The summed E-state index contributed by atoms with van der Waals surface area (Å²) in [6.45, 7) is 1.77. The van der Waals surface area contributed by atoms with Crippen LogP contribution in [0, 0.1) is 0 Å². The van der Waals surface area contributed by atoms with Crippen molar-refractivity contribution in [1.29, 1.82) is 0 Å². The molecule has 176 valence electrons. The summed E-state index contributed by atoms with van der Waals surface area (Å²) < 4.78 is 11.1. The average molecular weight is 476 g/mol. The van der Waals surface area contributed by atoms with Gasteiger partial charge in [-0.1, -0.05) is 24.3 Å². The van der Waals surface area contributed by atoms with Crippen molar-refractivity contribution in [1.82, 2.24) is 15.2 Å². The molecule has 1 aliphatic heterocycles. The predicted molar refractivity (Wildman–Crippen MR) is 136 cm³/mol. The van der Waals surface area contributed by atoms with Crippen LogP contribution in [0.15, 0.2) is 60.1 Å².